The maximum absolute atomic E-state index is 5.80. The second kappa shape index (κ2) is 7.18. The maximum Gasteiger partial charge on any atom is 0.151 e. The van der Waals surface area contributed by atoms with E-state index in [0.717, 1.165) is 37.8 Å². The van der Waals surface area contributed by atoms with Crippen molar-refractivity contribution >= 4 is 5.82 Å². The predicted molar refractivity (Wildman–Crippen MR) is 83.6 cm³/mol. The zero-order valence-corrected chi connectivity index (χ0v) is 12.9. The molecule has 0 amide bonds. The zero-order chi connectivity index (χ0) is 14.5. The van der Waals surface area contributed by atoms with Crippen molar-refractivity contribution in [3.05, 3.63) is 17.8 Å². The van der Waals surface area contributed by atoms with E-state index in [2.05, 4.69) is 26.5 Å². The Morgan fingerprint density at radius 1 is 1.24 bits per heavy atom. The van der Waals surface area contributed by atoms with E-state index >= 15 is 0 Å². The van der Waals surface area contributed by atoms with Crippen LogP contribution >= 0.6 is 0 Å². The Kier molecular flexibility index (Phi) is 5.04. The van der Waals surface area contributed by atoms with Crippen molar-refractivity contribution in [2.24, 2.45) is 0 Å². The van der Waals surface area contributed by atoms with Crippen molar-refractivity contribution in [2.45, 2.75) is 51.2 Å². The van der Waals surface area contributed by atoms with Crippen molar-refractivity contribution in [3.63, 3.8) is 0 Å². The molecular formula is C16H26N4O. The molecule has 116 valence electrons. The summed E-state index contributed by atoms with van der Waals surface area (Å²) < 4.78 is 5.80. The molecular weight excluding hydrogens is 264 g/mol. The highest BCUT2D eigenvalue weighted by Gasteiger charge is 2.22. The molecule has 2 aliphatic heterocycles. The average Bonchev–Trinajstić information content (AvgIpc) is 2.55. The molecule has 0 unspecified atom stereocenters. The molecule has 5 nitrogen and oxygen atoms in total. The van der Waals surface area contributed by atoms with Crippen LogP contribution in [0.4, 0.5) is 5.82 Å². The fourth-order valence-electron chi connectivity index (χ4n) is 3.18. The van der Waals surface area contributed by atoms with E-state index in [9.17, 15) is 0 Å². The summed E-state index contributed by atoms with van der Waals surface area (Å²) in [7, 11) is 0. The molecule has 0 bridgehead atoms. The Labute approximate surface area is 127 Å². The monoisotopic (exact) mass is 290 g/mol. The molecule has 5 heteroatoms. The molecule has 1 N–H and O–H groups in total. The molecule has 0 saturated carbocycles. The molecule has 2 fully saturated rings. The van der Waals surface area contributed by atoms with Crippen LogP contribution in [0.15, 0.2) is 12.1 Å². The lowest BCUT2D eigenvalue weighted by atomic mass is 10.0. The molecule has 3 rings (SSSR count). The molecule has 2 atom stereocenters. The number of nitrogens with one attached hydrogen (secondary N) is 1. The second-order valence-electron chi connectivity index (χ2n) is 6.21. The number of nitrogens with zero attached hydrogens (tertiary/aromatic N) is 3. The molecule has 0 radical (unpaired) electrons. The fraction of sp³-hybridized carbons (Fsp3) is 0.750. The Bertz CT molecular complexity index is 430. The van der Waals surface area contributed by atoms with Gasteiger partial charge in [0.15, 0.2) is 5.82 Å². The Hall–Kier alpha value is -1.20. The first-order valence-electron chi connectivity index (χ1n) is 8.21. The van der Waals surface area contributed by atoms with Gasteiger partial charge in [0.1, 0.15) is 0 Å². The van der Waals surface area contributed by atoms with Crippen LogP contribution in [0, 0.1) is 6.92 Å². The van der Waals surface area contributed by atoms with E-state index in [-0.39, 0.29) is 0 Å². The summed E-state index contributed by atoms with van der Waals surface area (Å²) in [6.07, 6.45) is 6.59. The topological polar surface area (TPSA) is 50.3 Å². The molecule has 21 heavy (non-hydrogen) atoms. The molecule has 0 spiro atoms. The van der Waals surface area contributed by atoms with Crippen molar-refractivity contribution in [2.75, 3.05) is 31.1 Å². The van der Waals surface area contributed by atoms with Gasteiger partial charge in [-0.3, -0.25) is 0 Å². The average molecular weight is 290 g/mol. The second-order valence-corrected chi connectivity index (χ2v) is 6.21. The van der Waals surface area contributed by atoms with Crippen molar-refractivity contribution in [1.82, 2.24) is 15.5 Å². The van der Waals surface area contributed by atoms with Crippen LogP contribution < -0.4 is 10.2 Å². The molecule has 3 heterocycles. The highest BCUT2D eigenvalue weighted by atomic mass is 16.5. The molecule has 2 aliphatic rings. The van der Waals surface area contributed by atoms with Crippen molar-refractivity contribution in [1.29, 1.82) is 0 Å². The van der Waals surface area contributed by atoms with Crippen LogP contribution in [0.5, 0.6) is 0 Å². The normalized spacial score (nSPS) is 26.8. The van der Waals surface area contributed by atoms with Gasteiger partial charge in [-0.25, -0.2) is 0 Å². The number of ether oxygens (including phenoxy) is 1. The lowest BCUT2D eigenvalue weighted by Crippen LogP contribution is -2.48. The van der Waals surface area contributed by atoms with E-state index in [1.165, 1.54) is 32.1 Å². The van der Waals surface area contributed by atoms with Gasteiger partial charge >= 0.3 is 0 Å². The fourth-order valence-corrected chi connectivity index (χ4v) is 3.18. The third-order valence-electron chi connectivity index (χ3n) is 4.44. The first-order chi connectivity index (χ1) is 10.3. The summed E-state index contributed by atoms with van der Waals surface area (Å²) in [5, 5.41) is 12.2. The Morgan fingerprint density at radius 3 is 2.95 bits per heavy atom. The lowest BCUT2D eigenvalue weighted by molar-refractivity contribution is 0.0151. The third-order valence-corrected chi connectivity index (χ3v) is 4.44. The minimum Gasteiger partial charge on any atom is -0.377 e. The maximum atomic E-state index is 5.80. The van der Waals surface area contributed by atoms with Gasteiger partial charge in [0.05, 0.1) is 11.8 Å². The van der Waals surface area contributed by atoms with Gasteiger partial charge in [-0.1, -0.05) is 0 Å². The minimum atomic E-state index is 0.410. The van der Waals surface area contributed by atoms with Gasteiger partial charge in [0, 0.05) is 32.3 Å². The quantitative estimate of drug-likeness (QED) is 0.918. The SMILES string of the molecule is Cc1ccc(N2CCC[C@@H](NC[C@@H]3CCCCO3)C2)nn1. The van der Waals surface area contributed by atoms with Crippen LogP contribution in [0.3, 0.4) is 0 Å². The van der Waals surface area contributed by atoms with Gasteiger partial charge < -0.3 is 15.0 Å². The zero-order valence-electron chi connectivity index (χ0n) is 12.9. The van der Waals surface area contributed by atoms with Gasteiger partial charge in [0.2, 0.25) is 0 Å². The van der Waals surface area contributed by atoms with Crippen molar-refractivity contribution in [3.8, 4) is 0 Å². The van der Waals surface area contributed by atoms with Crippen LogP contribution in [-0.4, -0.2) is 48.6 Å². The predicted octanol–water partition coefficient (Wildman–Crippen LogP) is 1.91. The third kappa shape index (κ3) is 4.14. The largest absolute Gasteiger partial charge is 0.377 e. The Balaban J connectivity index is 1.49. The number of anilines is 1. The summed E-state index contributed by atoms with van der Waals surface area (Å²) >= 11 is 0. The van der Waals surface area contributed by atoms with Gasteiger partial charge in [-0.05, 0) is 51.2 Å². The van der Waals surface area contributed by atoms with E-state index in [0.29, 0.717) is 12.1 Å². The van der Waals surface area contributed by atoms with Crippen LogP contribution in [0.2, 0.25) is 0 Å². The van der Waals surface area contributed by atoms with Crippen LogP contribution in [0.25, 0.3) is 0 Å². The summed E-state index contributed by atoms with van der Waals surface area (Å²) in [6.45, 7) is 5.99. The standard InChI is InChI=1S/C16H26N4O/c1-13-7-8-16(19-18-13)20-9-4-5-14(12-20)17-11-15-6-2-3-10-21-15/h7-8,14-15,17H,2-6,9-12H2,1H3/t14-,15+/m1/s1. The number of aromatic nitrogens is 2. The molecule has 0 aromatic carbocycles. The number of hydrogen-bond acceptors (Lipinski definition) is 5. The highest BCUT2D eigenvalue weighted by Crippen LogP contribution is 2.18. The number of rotatable bonds is 4. The minimum absolute atomic E-state index is 0.410. The Morgan fingerprint density at radius 2 is 2.19 bits per heavy atom. The van der Waals surface area contributed by atoms with E-state index in [4.69, 9.17) is 4.74 Å². The van der Waals surface area contributed by atoms with Gasteiger partial charge in [0.25, 0.3) is 0 Å². The first-order valence-corrected chi connectivity index (χ1v) is 8.21. The molecule has 0 aliphatic carbocycles. The lowest BCUT2D eigenvalue weighted by Gasteiger charge is -2.35. The summed E-state index contributed by atoms with van der Waals surface area (Å²) in [5.74, 6) is 1.00. The summed E-state index contributed by atoms with van der Waals surface area (Å²) in [6, 6.07) is 4.65. The summed E-state index contributed by atoms with van der Waals surface area (Å²) in [4.78, 5) is 2.34. The van der Waals surface area contributed by atoms with E-state index in [1.807, 2.05) is 13.0 Å². The summed E-state index contributed by atoms with van der Waals surface area (Å²) in [5.41, 5.74) is 0.972. The smallest absolute Gasteiger partial charge is 0.151 e. The van der Waals surface area contributed by atoms with E-state index < -0.39 is 0 Å². The molecule has 2 saturated heterocycles. The van der Waals surface area contributed by atoms with Crippen LogP contribution in [-0.2, 0) is 4.74 Å². The highest BCUT2D eigenvalue weighted by molar-refractivity contribution is 5.38. The van der Waals surface area contributed by atoms with Crippen molar-refractivity contribution < 1.29 is 4.74 Å². The molecule has 1 aromatic rings. The van der Waals surface area contributed by atoms with Gasteiger partial charge in [-0.2, -0.15) is 5.10 Å². The number of aryl methyl sites for hydroxylation is 1. The first kappa shape index (κ1) is 14.7. The molecule has 1 aromatic heterocycles. The number of piperidine rings is 1. The van der Waals surface area contributed by atoms with Crippen LogP contribution in [0.1, 0.15) is 37.8 Å². The number of hydrogen-bond donors (Lipinski definition) is 1. The van der Waals surface area contributed by atoms with E-state index in [1.54, 1.807) is 0 Å². The van der Waals surface area contributed by atoms with Gasteiger partial charge in [-0.15, -0.1) is 5.10 Å².